The van der Waals surface area contributed by atoms with E-state index < -0.39 is 0 Å². The number of benzene rings is 4. The Morgan fingerprint density at radius 2 is 1.16 bits per heavy atom. The Morgan fingerprint density at radius 3 is 1.72 bits per heavy atom. The molecule has 2 nitrogen and oxygen atoms in total. The Morgan fingerprint density at radius 1 is 0.625 bits per heavy atom. The summed E-state index contributed by atoms with van der Waals surface area (Å²) in [6, 6.07) is 28.4. The molecule has 0 bridgehead atoms. The van der Waals surface area contributed by atoms with Gasteiger partial charge in [0.1, 0.15) is 0 Å². The van der Waals surface area contributed by atoms with Crippen LogP contribution >= 0.6 is 0 Å². The highest BCUT2D eigenvalue weighted by molar-refractivity contribution is 6.22. The van der Waals surface area contributed by atoms with Crippen molar-refractivity contribution >= 4 is 17.6 Å². The van der Waals surface area contributed by atoms with E-state index in [1.807, 2.05) is 92.7 Å². The standard InChI is InChI=1S/C30H24O2/c1-4-23-26(22-14-6-5-7-15-22)18-19-27(29(31)24-16-10-8-12-20(24)2)28(23)30(32)25-17-11-9-13-21(25)3/h4-19H,1H2,2-3H3. The Bertz CT molecular complexity index is 1330. The minimum atomic E-state index is -0.173. The second-order valence-electron chi connectivity index (χ2n) is 7.81. The first kappa shape index (κ1) is 21.2. The maximum absolute atomic E-state index is 13.9. The van der Waals surface area contributed by atoms with Gasteiger partial charge in [-0.25, -0.2) is 0 Å². The third-order valence-corrected chi connectivity index (χ3v) is 5.79. The summed E-state index contributed by atoms with van der Waals surface area (Å²) in [5.41, 5.74) is 6.21. The van der Waals surface area contributed by atoms with Gasteiger partial charge in [-0.1, -0.05) is 97.6 Å². The van der Waals surface area contributed by atoms with Gasteiger partial charge in [0.05, 0.1) is 0 Å². The first-order valence-electron chi connectivity index (χ1n) is 10.6. The molecule has 0 aliphatic carbocycles. The minimum Gasteiger partial charge on any atom is -0.289 e. The Hall–Kier alpha value is -4.04. The molecule has 0 fully saturated rings. The van der Waals surface area contributed by atoms with Crippen LogP contribution in [0.15, 0.2) is 97.6 Å². The van der Waals surface area contributed by atoms with Gasteiger partial charge >= 0.3 is 0 Å². The summed E-state index contributed by atoms with van der Waals surface area (Å²) < 4.78 is 0. The van der Waals surface area contributed by atoms with E-state index in [-0.39, 0.29) is 11.6 Å². The molecule has 0 amide bonds. The minimum absolute atomic E-state index is 0.164. The third kappa shape index (κ3) is 3.83. The summed E-state index contributed by atoms with van der Waals surface area (Å²) >= 11 is 0. The summed E-state index contributed by atoms with van der Waals surface area (Å²) in [5, 5.41) is 0. The molecule has 0 atom stereocenters. The molecule has 0 aliphatic rings. The van der Waals surface area contributed by atoms with Crippen molar-refractivity contribution in [2.75, 3.05) is 0 Å². The van der Waals surface area contributed by atoms with Crippen molar-refractivity contribution in [3.05, 3.63) is 137 Å². The zero-order valence-corrected chi connectivity index (χ0v) is 18.3. The van der Waals surface area contributed by atoms with Crippen LogP contribution in [0.3, 0.4) is 0 Å². The van der Waals surface area contributed by atoms with Gasteiger partial charge in [-0.2, -0.15) is 0 Å². The van der Waals surface area contributed by atoms with E-state index in [0.717, 1.165) is 22.3 Å². The van der Waals surface area contributed by atoms with Gasteiger partial charge in [-0.05, 0) is 47.7 Å². The maximum atomic E-state index is 13.9. The van der Waals surface area contributed by atoms with E-state index in [1.165, 1.54) is 0 Å². The van der Waals surface area contributed by atoms with Crippen molar-refractivity contribution in [1.82, 2.24) is 0 Å². The molecule has 0 saturated carbocycles. The third-order valence-electron chi connectivity index (χ3n) is 5.79. The number of rotatable bonds is 6. The fourth-order valence-electron chi connectivity index (χ4n) is 4.07. The molecule has 156 valence electrons. The largest absolute Gasteiger partial charge is 0.289 e. The quantitative estimate of drug-likeness (QED) is 0.315. The molecule has 0 heterocycles. The van der Waals surface area contributed by atoms with Crippen LogP contribution in [0.1, 0.15) is 48.5 Å². The van der Waals surface area contributed by atoms with Gasteiger partial charge in [0.15, 0.2) is 11.6 Å². The fraction of sp³-hybridized carbons (Fsp3) is 0.0667. The zero-order chi connectivity index (χ0) is 22.7. The number of hydrogen-bond donors (Lipinski definition) is 0. The molecular weight excluding hydrogens is 392 g/mol. The summed E-state index contributed by atoms with van der Waals surface area (Å²) in [7, 11) is 0. The van der Waals surface area contributed by atoms with Crippen LogP contribution in [0.5, 0.6) is 0 Å². The lowest BCUT2D eigenvalue weighted by Crippen LogP contribution is -2.15. The highest BCUT2D eigenvalue weighted by atomic mass is 16.1. The van der Waals surface area contributed by atoms with Crippen molar-refractivity contribution in [2.24, 2.45) is 0 Å². The lowest BCUT2D eigenvalue weighted by Gasteiger charge is -2.17. The van der Waals surface area contributed by atoms with Crippen molar-refractivity contribution in [1.29, 1.82) is 0 Å². The number of carbonyl (C=O) groups excluding carboxylic acids is 2. The monoisotopic (exact) mass is 416 g/mol. The topological polar surface area (TPSA) is 34.1 Å². The second kappa shape index (κ2) is 8.99. The van der Waals surface area contributed by atoms with Gasteiger partial charge in [0.2, 0.25) is 0 Å². The molecule has 0 saturated heterocycles. The van der Waals surface area contributed by atoms with Crippen LogP contribution in [0, 0.1) is 13.8 Å². The molecule has 4 rings (SSSR count). The summed E-state index contributed by atoms with van der Waals surface area (Å²) in [6.45, 7) is 7.82. The number of hydrogen-bond acceptors (Lipinski definition) is 2. The molecule has 0 aliphatic heterocycles. The van der Waals surface area contributed by atoms with Crippen LogP contribution in [0.25, 0.3) is 17.2 Å². The summed E-state index contributed by atoms with van der Waals surface area (Å²) in [5.74, 6) is -0.338. The van der Waals surface area contributed by atoms with Crippen LogP contribution in [0.4, 0.5) is 0 Å². The van der Waals surface area contributed by atoms with Crippen LogP contribution in [-0.4, -0.2) is 11.6 Å². The molecule has 0 N–H and O–H groups in total. The number of ketones is 2. The normalized spacial score (nSPS) is 10.6. The van der Waals surface area contributed by atoms with Gasteiger partial charge in [-0.15, -0.1) is 0 Å². The Balaban J connectivity index is 2.01. The average molecular weight is 417 g/mol. The smallest absolute Gasteiger partial charge is 0.194 e. The predicted octanol–water partition coefficient (Wildman–Crippen LogP) is 7.08. The van der Waals surface area contributed by atoms with Gasteiger partial charge in [0.25, 0.3) is 0 Å². The molecule has 4 aromatic rings. The van der Waals surface area contributed by atoms with Crippen molar-refractivity contribution in [3.8, 4) is 11.1 Å². The highest BCUT2D eigenvalue weighted by Gasteiger charge is 2.25. The first-order chi connectivity index (χ1) is 15.5. The van der Waals surface area contributed by atoms with Gasteiger partial charge in [0, 0.05) is 22.3 Å². The first-order valence-corrected chi connectivity index (χ1v) is 10.6. The summed E-state index contributed by atoms with van der Waals surface area (Å²) in [6.07, 6.45) is 1.68. The van der Waals surface area contributed by atoms with Crippen LogP contribution in [0.2, 0.25) is 0 Å². The Labute approximate surface area is 188 Å². The molecule has 4 aromatic carbocycles. The average Bonchev–Trinajstić information content (AvgIpc) is 2.83. The summed E-state index contributed by atoms with van der Waals surface area (Å²) in [4.78, 5) is 27.5. The van der Waals surface area contributed by atoms with E-state index in [1.54, 1.807) is 18.2 Å². The Kier molecular flexibility index (Phi) is 5.96. The molecule has 0 radical (unpaired) electrons. The number of aryl methyl sites for hydroxylation is 2. The molecule has 2 heteroatoms. The van der Waals surface area contributed by atoms with Crippen molar-refractivity contribution in [2.45, 2.75) is 13.8 Å². The lowest BCUT2D eigenvalue weighted by molar-refractivity contribution is 0.100. The molecular formula is C30H24O2. The molecule has 0 aromatic heterocycles. The number of carbonyl (C=O) groups is 2. The molecule has 0 unspecified atom stereocenters. The van der Waals surface area contributed by atoms with Crippen LogP contribution in [-0.2, 0) is 0 Å². The zero-order valence-electron chi connectivity index (χ0n) is 18.3. The lowest BCUT2D eigenvalue weighted by atomic mass is 9.84. The predicted molar refractivity (Wildman–Crippen MR) is 131 cm³/mol. The van der Waals surface area contributed by atoms with E-state index in [2.05, 4.69) is 6.58 Å². The van der Waals surface area contributed by atoms with E-state index >= 15 is 0 Å². The van der Waals surface area contributed by atoms with E-state index in [0.29, 0.717) is 27.8 Å². The van der Waals surface area contributed by atoms with E-state index in [9.17, 15) is 9.59 Å². The van der Waals surface area contributed by atoms with E-state index in [4.69, 9.17) is 0 Å². The van der Waals surface area contributed by atoms with Gasteiger partial charge in [-0.3, -0.25) is 9.59 Å². The molecule has 0 spiro atoms. The highest BCUT2D eigenvalue weighted by Crippen LogP contribution is 2.33. The maximum Gasteiger partial charge on any atom is 0.194 e. The van der Waals surface area contributed by atoms with Crippen LogP contribution < -0.4 is 0 Å². The van der Waals surface area contributed by atoms with Crippen molar-refractivity contribution < 1.29 is 9.59 Å². The van der Waals surface area contributed by atoms with Crippen molar-refractivity contribution in [3.63, 3.8) is 0 Å². The SMILES string of the molecule is C=Cc1c(-c2ccccc2)ccc(C(=O)c2ccccc2C)c1C(=O)c1ccccc1C. The fourth-order valence-corrected chi connectivity index (χ4v) is 4.07. The molecule has 32 heavy (non-hydrogen) atoms. The van der Waals surface area contributed by atoms with Gasteiger partial charge < -0.3 is 0 Å². The second-order valence-corrected chi connectivity index (χ2v) is 7.81.